The van der Waals surface area contributed by atoms with E-state index in [1.165, 1.54) is 0 Å². The second-order valence-electron chi connectivity index (χ2n) is 5.84. The Bertz CT molecular complexity index is 760. The van der Waals surface area contributed by atoms with E-state index in [1.54, 1.807) is 17.2 Å². The Morgan fingerprint density at radius 2 is 1.96 bits per heavy atom. The number of nitrogens with zero attached hydrogens (tertiary/aromatic N) is 2. The number of benzene rings is 1. The molecule has 0 atom stereocenters. The van der Waals surface area contributed by atoms with E-state index in [4.69, 9.17) is 4.74 Å². The molecule has 2 heterocycles. The number of carbonyl (C=O) groups excluding carboxylic acids is 1. The van der Waals surface area contributed by atoms with Gasteiger partial charge in [-0.15, -0.1) is 0 Å². The van der Waals surface area contributed by atoms with E-state index in [-0.39, 0.29) is 16.9 Å². The molecule has 1 aromatic carbocycles. The molecule has 1 aromatic heterocycles. The van der Waals surface area contributed by atoms with E-state index >= 15 is 0 Å². The van der Waals surface area contributed by atoms with Crippen molar-refractivity contribution in [2.24, 2.45) is 0 Å². The van der Waals surface area contributed by atoms with E-state index in [9.17, 15) is 9.59 Å². The lowest BCUT2D eigenvalue weighted by Crippen LogP contribution is -2.42. The highest BCUT2D eigenvalue weighted by atomic mass is 16.5. The topological polar surface area (TPSA) is 51.5 Å². The van der Waals surface area contributed by atoms with Crippen molar-refractivity contribution in [1.29, 1.82) is 0 Å². The second-order valence-corrected chi connectivity index (χ2v) is 5.84. The van der Waals surface area contributed by atoms with Crippen LogP contribution >= 0.6 is 0 Å². The van der Waals surface area contributed by atoms with Crippen LogP contribution in [-0.2, 0) is 11.3 Å². The predicted octanol–water partition coefficient (Wildman–Crippen LogP) is 2.27. The molecule has 5 nitrogen and oxygen atoms in total. The van der Waals surface area contributed by atoms with Crippen LogP contribution in [0, 0.1) is 0 Å². The Labute approximate surface area is 135 Å². The molecule has 0 aliphatic carbocycles. The summed E-state index contributed by atoms with van der Waals surface area (Å²) < 4.78 is 7.32. The number of hydrogen-bond donors (Lipinski definition) is 0. The molecule has 0 radical (unpaired) electrons. The smallest absolute Gasteiger partial charge is 0.259 e. The normalized spacial score (nSPS) is 15.1. The molecule has 1 aliphatic rings. The molecular formula is C18H22N2O3. The zero-order valence-electron chi connectivity index (χ0n) is 13.5. The predicted molar refractivity (Wildman–Crippen MR) is 89.8 cm³/mol. The Balaban J connectivity index is 2.07. The molecule has 1 aliphatic heterocycles. The monoisotopic (exact) mass is 314 g/mol. The van der Waals surface area contributed by atoms with Gasteiger partial charge in [0.05, 0.1) is 18.7 Å². The zero-order valence-corrected chi connectivity index (χ0v) is 13.5. The average molecular weight is 314 g/mol. The number of unbranched alkanes of at least 4 members (excludes halogenated alkanes) is 1. The van der Waals surface area contributed by atoms with Crippen molar-refractivity contribution in [3.05, 3.63) is 46.2 Å². The van der Waals surface area contributed by atoms with Crippen LogP contribution in [0.5, 0.6) is 0 Å². The number of rotatable bonds is 4. The summed E-state index contributed by atoms with van der Waals surface area (Å²) in [5.41, 5.74) is 0.982. The summed E-state index contributed by atoms with van der Waals surface area (Å²) >= 11 is 0. The zero-order chi connectivity index (χ0) is 16.2. The first-order valence-corrected chi connectivity index (χ1v) is 8.21. The minimum absolute atomic E-state index is 0.176. The highest BCUT2D eigenvalue weighted by Gasteiger charge is 2.22. The maximum absolute atomic E-state index is 12.7. The van der Waals surface area contributed by atoms with E-state index in [1.807, 2.05) is 22.8 Å². The van der Waals surface area contributed by atoms with Gasteiger partial charge in [0.15, 0.2) is 0 Å². The van der Waals surface area contributed by atoms with Crippen LogP contribution in [0.3, 0.4) is 0 Å². The van der Waals surface area contributed by atoms with Gasteiger partial charge in [-0.25, -0.2) is 0 Å². The van der Waals surface area contributed by atoms with Crippen LogP contribution < -0.4 is 5.43 Å². The van der Waals surface area contributed by atoms with Crippen LogP contribution in [0.1, 0.15) is 30.1 Å². The lowest BCUT2D eigenvalue weighted by Gasteiger charge is -2.27. The standard InChI is InChI=1S/C18H22N2O3/c1-2-3-8-20-13-15(18(22)19-9-11-23-12-10-19)17(21)14-6-4-5-7-16(14)20/h4-7,13H,2-3,8-12H2,1H3. The molecule has 0 N–H and O–H groups in total. The van der Waals surface area contributed by atoms with Crippen LogP contribution in [0.4, 0.5) is 0 Å². The molecule has 122 valence electrons. The van der Waals surface area contributed by atoms with Crippen molar-refractivity contribution >= 4 is 16.8 Å². The number of aryl methyl sites for hydroxylation is 1. The van der Waals surface area contributed by atoms with Crippen molar-refractivity contribution < 1.29 is 9.53 Å². The summed E-state index contributed by atoms with van der Waals surface area (Å²) in [7, 11) is 0. The first-order valence-electron chi connectivity index (χ1n) is 8.21. The van der Waals surface area contributed by atoms with E-state index in [0.717, 1.165) is 24.9 Å². The van der Waals surface area contributed by atoms with E-state index < -0.39 is 0 Å². The fourth-order valence-electron chi connectivity index (χ4n) is 2.95. The number of para-hydroxylation sites is 1. The van der Waals surface area contributed by atoms with Crippen molar-refractivity contribution in [3.63, 3.8) is 0 Å². The van der Waals surface area contributed by atoms with Crippen molar-refractivity contribution in [3.8, 4) is 0 Å². The highest BCUT2D eigenvalue weighted by Crippen LogP contribution is 2.14. The van der Waals surface area contributed by atoms with Crippen molar-refractivity contribution in [2.45, 2.75) is 26.3 Å². The summed E-state index contributed by atoms with van der Waals surface area (Å²) in [6, 6.07) is 7.51. The number of hydrogen-bond acceptors (Lipinski definition) is 3. The second kappa shape index (κ2) is 6.96. The first kappa shape index (κ1) is 15.7. The van der Waals surface area contributed by atoms with E-state index in [2.05, 4.69) is 6.92 Å². The molecular weight excluding hydrogens is 292 g/mol. The number of ether oxygens (including phenoxy) is 1. The van der Waals surface area contributed by atoms with Gasteiger partial charge < -0.3 is 14.2 Å². The van der Waals surface area contributed by atoms with Gasteiger partial charge in [0.25, 0.3) is 5.91 Å². The number of fused-ring (bicyclic) bond motifs is 1. The molecule has 2 aromatic rings. The molecule has 0 saturated carbocycles. The fourth-order valence-corrected chi connectivity index (χ4v) is 2.95. The van der Waals surface area contributed by atoms with Gasteiger partial charge in [0, 0.05) is 31.2 Å². The molecule has 1 amide bonds. The van der Waals surface area contributed by atoms with Crippen LogP contribution in [-0.4, -0.2) is 41.7 Å². The molecule has 1 saturated heterocycles. The molecule has 0 bridgehead atoms. The third kappa shape index (κ3) is 3.15. The average Bonchev–Trinajstić information content (AvgIpc) is 2.61. The molecule has 5 heteroatoms. The van der Waals surface area contributed by atoms with Crippen molar-refractivity contribution in [2.75, 3.05) is 26.3 Å². The number of pyridine rings is 1. The summed E-state index contributed by atoms with van der Waals surface area (Å²) in [5, 5.41) is 0.614. The van der Waals surface area contributed by atoms with Gasteiger partial charge in [-0.2, -0.15) is 0 Å². The summed E-state index contributed by atoms with van der Waals surface area (Å²) in [6.45, 7) is 5.08. The third-order valence-corrected chi connectivity index (χ3v) is 4.27. The van der Waals surface area contributed by atoms with E-state index in [0.29, 0.717) is 31.7 Å². The molecule has 23 heavy (non-hydrogen) atoms. The summed E-state index contributed by atoms with van der Waals surface area (Å²) in [4.78, 5) is 27.2. The van der Waals surface area contributed by atoms with Gasteiger partial charge >= 0.3 is 0 Å². The van der Waals surface area contributed by atoms with Gasteiger partial charge in [0.2, 0.25) is 5.43 Å². The summed E-state index contributed by atoms with van der Waals surface area (Å²) in [5.74, 6) is -0.186. The van der Waals surface area contributed by atoms with Gasteiger partial charge in [-0.3, -0.25) is 9.59 Å². The maximum atomic E-state index is 12.7. The largest absolute Gasteiger partial charge is 0.378 e. The van der Waals surface area contributed by atoms with Gasteiger partial charge in [-0.1, -0.05) is 25.5 Å². The molecule has 0 spiro atoms. The lowest BCUT2D eigenvalue weighted by molar-refractivity contribution is 0.0301. The first-order chi connectivity index (χ1) is 11.2. The van der Waals surface area contributed by atoms with Crippen molar-refractivity contribution in [1.82, 2.24) is 9.47 Å². The Kier molecular flexibility index (Phi) is 4.76. The minimum atomic E-state index is -0.186. The highest BCUT2D eigenvalue weighted by molar-refractivity contribution is 5.97. The Morgan fingerprint density at radius 1 is 1.22 bits per heavy atom. The van der Waals surface area contributed by atoms with Gasteiger partial charge in [-0.05, 0) is 18.6 Å². The lowest BCUT2D eigenvalue weighted by atomic mass is 10.1. The quantitative estimate of drug-likeness (QED) is 0.870. The number of amides is 1. The van der Waals surface area contributed by atoms with Gasteiger partial charge in [0.1, 0.15) is 5.56 Å². The Hall–Kier alpha value is -2.14. The molecule has 1 fully saturated rings. The molecule has 3 rings (SSSR count). The maximum Gasteiger partial charge on any atom is 0.259 e. The third-order valence-electron chi connectivity index (χ3n) is 4.27. The SMILES string of the molecule is CCCCn1cc(C(=O)N2CCOCC2)c(=O)c2ccccc21. The van der Waals surface area contributed by atoms with Crippen LogP contribution in [0.2, 0.25) is 0 Å². The fraction of sp³-hybridized carbons (Fsp3) is 0.444. The molecule has 0 unspecified atom stereocenters. The number of carbonyl (C=O) groups is 1. The number of aromatic nitrogens is 1. The summed E-state index contributed by atoms with van der Waals surface area (Å²) in [6.07, 6.45) is 3.81. The minimum Gasteiger partial charge on any atom is -0.378 e. The van der Waals surface area contributed by atoms with Crippen LogP contribution in [0.25, 0.3) is 10.9 Å². The van der Waals surface area contributed by atoms with Crippen LogP contribution in [0.15, 0.2) is 35.3 Å². The Morgan fingerprint density at radius 3 is 2.70 bits per heavy atom. The number of morpholine rings is 1.